The third kappa shape index (κ3) is 3.83. The van der Waals surface area contributed by atoms with E-state index in [1.807, 2.05) is 49.5 Å². The number of aryl methyl sites for hydroxylation is 1. The van der Waals surface area contributed by atoms with Crippen LogP contribution in [0.15, 0.2) is 61.2 Å². The summed E-state index contributed by atoms with van der Waals surface area (Å²) in [5.74, 6) is 0. The second kappa shape index (κ2) is 7.59. The van der Waals surface area contributed by atoms with E-state index in [0.29, 0.717) is 6.61 Å². The maximum absolute atomic E-state index is 12.6. The van der Waals surface area contributed by atoms with Gasteiger partial charge in [-0.1, -0.05) is 6.07 Å². The fourth-order valence-electron chi connectivity index (χ4n) is 3.25. The Morgan fingerprint density at radius 3 is 2.85 bits per heavy atom. The zero-order valence-electron chi connectivity index (χ0n) is 15.0. The van der Waals surface area contributed by atoms with Crippen LogP contribution in [0.1, 0.15) is 23.7 Å². The molecule has 2 aromatic heterocycles. The van der Waals surface area contributed by atoms with Crippen molar-refractivity contribution in [3.8, 4) is 5.69 Å². The smallest absolute Gasteiger partial charge is 0.319 e. The first kappa shape index (κ1) is 17.2. The lowest BCUT2D eigenvalue weighted by Gasteiger charge is -2.21. The van der Waals surface area contributed by atoms with Crippen LogP contribution in [0.2, 0.25) is 0 Å². The van der Waals surface area contributed by atoms with Crippen molar-refractivity contribution in [2.45, 2.75) is 25.5 Å². The normalized spacial score (nSPS) is 19.0. The third-order valence-electron chi connectivity index (χ3n) is 4.68. The molecule has 0 radical (unpaired) electrons. The molecule has 0 saturated carbocycles. The monoisotopic (exact) mass is 363 g/mol. The molecule has 7 nitrogen and oxygen atoms in total. The molecule has 2 amide bonds. The predicted octanol–water partition coefficient (Wildman–Crippen LogP) is 3.23. The van der Waals surface area contributed by atoms with Crippen LogP contribution in [0.4, 0.5) is 10.5 Å². The van der Waals surface area contributed by atoms with Crippen LogP contribution in [0.3, 0.4) is 0 Å². The number of nitrogens with zero attached hydrogens (tertiary/aromatic N) is 3. The Morgan fingerprint density at radius 1 is 1.22 bits per heavy atom. The van der Waals surface area contributed by atoms with Crippen LogP contribution in [0, 0.1) is 6.92 Å². The zero-order valence-corrected chi connectivity index (χ0v) is 15.0. The van der Waals surface area contributed by atoms with Crippen molar-refractivity contribution in [3.05, 3.63) is 72.3 Å². The summed E-state index contributed by atoms with van der Waals surface area (Å²) in [6.45, 7) is 2.58. The van der Waals surface area contributed by atoms with Crippen LogP contribution in [0.25, 0.3) is 5.69 Å². The molecule has 2 N–H and O–H groups in total. The average Bonchev–Trinajstić information content (AvgIpc) is 3.36. The molecule has 27 heavy (non-hydrogen) atoms. The van der Waals surface area contributed by atoms with E-state index < -0.39 is 0 Å². The first-order valence-electron chi connectivity index (χ1n) is 8.90. The van der Waals surface area contributed by atoms with E-state index in [4.69, 9.17) is 4.74 Å². The summed E-state index contributed by atoms with van der Waals surface area (Å²) in [7, 11) is 0. The molecule has 4 rings (SSSR count). The Hall–Kier alpha value is -3.19. The Bertz CT molecular complexity index is 911. The minimum Gasteiger partial charge on any atom is -0.371 e. The van der Waals surface area contributed by atoms with Crippen molar-refractivity contribution in [3.63, 3.8) is 0 Å². The lowest BCUT2D eigenvalue weighted by Crippen LogP contribution is -2.39. The van der Waals surface area contributed by atoms with Crippen molar-refractivity contribution in [2.75, 3.05) is 11.9 Å². The molecule has 1 fully saturated rings. The molecule has 1 aliphatic heterocycles. The molecular formula is C20H21N5O2. The van der Waals surface area contributed by atoms with Crippen molar-refractivity contribution >= 4 is 11.7 Å². The van der Waals surface area contributed by atoms with Gasteiger partial charge in [0.05, 0.1) is 11.7 Å². The summed E-state index contributed by atoms with van der Waals surface area (Å²) >= 11 is 0. The number of amides is 2. The highest BCUT2D eigenvalue weighted by molar-refractivity contribution is 5.90. The third-order valence-corrected chi connectivity index (χ3v) is 4.68. The summed E-state index contributed by atoms with van der Waals surface area (Å²) in [6, 6.07) is 11.2. The van der Waals surface area contributed by atoms with Gasteiger partial charge in [0.15, 0.2) is 0 Å². The summed E-state index contributed by atoms with van der Waals surface area (Å²) in [5, 5.41) is 10.2. The first-order valence-corrected chi connectivity index (χ1v) is 8.90. The quantitative estimate of drug-likeness (QED) is 0.746. The summed E-state index contributed by atoms with van der Waals surface area (Å²) in [5.41, 5.74) is 3.64. The summed E-state index contributed by atoms with van der Waals surface area (Å²) < 4.78 is 7.57. The van der Waals surface area contributed by atoms with Crippen molar-refractivity contribution in [2.24, 2.45) is 0 Å². The fraction of sp³-hybridized carbons (Fsp3) is 0.250. The number of pyridine rings is 1. The van der Waals surface area contributed by atoms with E-state index in [2.05, 4.69) is 20.7 Å². The fourth-order valence-corrected chi connectivity index (χ4v) is 3.25. The van der Waals surface area contributed by atoms with Crippen LogP contribution in [-0.4, -0.2) is 33.4 Å². The largest absolute Gasteiger partial charge is 0.371 e. The van der Waals surface area contributed by atoms with E-state index in [1.165, 1.54) is 0 Å². The number of carbonyl (C=O) groups is 1. The lowest BCUT2D eigenvalue weighted by atomic mass is 10.0. The topological polar surface area (TPSA) is 81.1 Å². The number of hydrogen-bond acceptors (Lipinski definition) is 4. The highest BCUT2D eigenvalue weighted by Crippen LogP contribution is 2.29. The number of ether oxygens (including phenoxy) is 1. The Balaban J connectivity index is 1.46. The Kier molecular flexibility index (Phi) is 4.84. The number of rotatable bonds is 4. The minimum absolute atomic E-state index is 0.0815. The van der Waals surface area contributed by atoms with Gasteiger partial charge in [0.2, 0.25) is 0 Å². The molecule has 3 aromatic rings. The van der Waals surface area contributed by atoms with Gasteiger partial charge in [-0.2, -0.15) is 5.10 Å². The van der Waals surface area contributed by atoms with Crippen LogP contribution in [0.5, 0.6) is 0 Å². The predicted molar refractivity (Wildman–Crippen MR) is 102 cm³/mol. The van der Waals surface area contributed by atoms with Crippen molar-refractivity contribution in [1.29, 1.82) is 0 Å². The number of aromatic nitrogens is 3. The van der Waals surface area contributed by atoms with Gasteiger partial charge in [0.25, 0.3) is 0 Å². The highest BCUT2D eigenvalue weighted by atomic mass is 16.5. The first-order chi connectivity index (χ1) is 13.2. The maximum atomic E-state index is 12.6. The average molecular weight is 363 g/mol. The van der Waals surface area contributed by atoms with Crippen molar-refractivity contribution < 1.29 is 9.53 Å². The van der Waals surface area contributed by atoms with Gasteiger partial charge in [-0.25, -0.2) is 9.48 Å². The minimum atomic E-state index is -0.245. The van der Waals surface area contributed by atoms with Crippen molar-refractivity contribution in [1.82, 2.24) is 20.1 Å². The summed E-state index contributed by atoms with van der Waals surface area (Å²) in [6.07, 6.45) is 7.67. The van der Waals surface area contributed by atoms with E-state index >= 15 is 0 Å². The van der Waals surface area contributed by atoms with Gasteiger partial charge >= 0.3 is 6.03 Å². The second-order valence-electron chi connectivity index (χ2n) is 6.52. The van der Waals surface area contributed by atoms with Crippen LogP contribution in [-0.2, 0) is 4.74 Å². The molecule has 138 valence electrons. The summed E-state index contributed by atoms with van der Waals surface area (Å²) in [4.78, 5) is 16.6. The lowest BCUT2D eigenvalue weighted by molar-refractivity contribution is 0.100. The number of urea groups is 1. The molecule has 0 bridgehead atoms. The SMILES string of the molecule is Cc1ccc(-n2cccn2)cc1NC(=O)N[C@@H]1CCO[C@H]1c1ccncc1. The van der Waals surface area contributed by atoms with Gasteiger partial charge in [-0.05, 0) is 54.8 Å². The highest BCUT2D eigenvalue weighted by Gasteiger charge is 2.31. The number of benzene rings is 1. The Labute approximate surface area is 157 Å². The van der Waals surface area contributed by atoms with Gasteiger partial charge < -0.3 is 15.4 Å². The molecule has 3 heterocycles. The van der Waals surface area contributed by atoms with E-state index in [0.717, 1.165) is 28.9 Å². The number of carbonyl (C=O) groups excluding carboxylic acids is 1. The van der Waals surface area contributed by atoms with Gasteiger partial charge in [-0.15, -0.1) is 0 Å². The van der Waals surface area contributed by atoms with Gasteiger partial charge in [0, 0.05) is 37.1 Å². The zero-order chi connectivity index (χ0) is 18.6. The Morgan fingerprint density at radius 2 is 2.07 bits per heavy atom. The number of nitrogens with one attached hydrogen (secondary N) is 2. The molecule has 2 atom stereocenters. The molecule has 1 aliphatic rings. The van der Waals surface area contributed by atoms with E-state index in [9.17, 15) is 4.79 Å². The number of anilines is 1. The molecule has 1 saturated heterocycles. The maximum Gasteiger partial charge on any atom is 0.319 e. The molecule has 7 heteroatoms. The van der Waals surface area contributed by atoms with Crippen LogP contribution < -0.4 is 10.6 Å². The van der Waals surface area contributed by atoms with Gasteiger partial charge in [0.1, 0.15) is 6.10 Å². The van der Waals surface area contributed by atoms with Crippen LogP contribution >= 0.6 is 0 Å². The van der Waals surface area contributed by atoms with E-state index in [1.54, 1.807) is 23.3 Å². The molecule has 0 unspecified atom stereocenters. The molecule has 1 aromatic carbocycles. The van der Waals surface area contributed by atoms with E-state index in [-0.39, 0.29) is 18.2 Å². The molecule has 0 spiro atoms. The number of hydrogen-bond donors (Lipinski definition) is 2. The second-order valence-corrected chi connectivity index (χ2v) is 6.52. The van der Waals surface area contributed by atoms with Gasteiger partial charge in [-0.3, -0.25) is 4.98 Å². The molecule has 0 aliphatic carbocycles. The molecular weight excluding hydrogens is 342 g/mol. The standard InChI is InChI=1S/C20H21N5O2/c1-14-3-4-16(25-11-2-8-22-25)13-18(14)24-20(26)23-17-7-12-27-19(17)15-5-9-21-10-6-15/h2-6,8-11,13,17,19H,7,12H2,1H3,(H2,23,24,26)/t17-,19+/m1/s1.